The summed E-state index contributed by atoms with van der Waals surface area (Å²) in [4.78, 5) is 0. The fourth-order valence-electron chi connectivity index (χ4n) is 3.50. The monoisotopic (exact) mass is 384 g/mol. The van der Waals surface area contributed by atoms with Gasteiger partial charge in [0, 0.05) is 5.56 Å². The first-order valence-electron chi connectivity index (χ1n) is 10.7. The molecule has 4 heteroatoms. The molecule has 2 aromatic carbocycles. The Morgan fingerprint density at radius 3 is 2.00 bits per heavy atom. The van der Waals surface area contributed by atoms with E-state index in [0.29, 0.717) is 0 Å². The molecule has 0 unspecified atom stereocenters. The summed E-state index contributed by atoms with van der Waals surface area (Å²) in [6.07, 6.45) is 7.67. The van der Waals surface area contributed by atoms with Crippen LogP contribution in [0.15, 0.2) is 42.5 Å². The van der Waals surface area contributed by atoms with Crippen LogP contribution in [0.1, 0.15) is 49.3 Å². The summed E-state index contributed by atoms with van der Waals surface area (Å²) in [5.41, 5.74) is 3.38. The van der Waals surface area contributed by atoms with Crippen molar-refractivity contribution in [3.63, 3.8) is 0 Å². The van der Waals surface area contributed by atoms with Gasteiger partial charge in [0.2, 0.25) is 0 Å². The molecule has 154 valence electrons. The molecule has 0 spiro atoms. The standard InChI is InChI=1S/C24H36N2O2/c1-2-22-21(12-13-23(27)24(22)28)15-19-26-17-9-4-3-8-16-25-18-14-20-10-6-5-7-11-20/h5-7,10-13,25-28H,2-4,8-9,14-19H2,1H3. The van der Waals surface area contributed by atoms with Crippen molar-refractivity contribution in [2.75, 3.05) is 26.2 Å². The van der Waals surface area contributed by atoms with E-state index in [1.165, 1.54) is 31.2 Å². The number of phenolic OH excluding ortho intramolecular Hbond substituents is 2. The molecule has 2 aromatic rings. The number of rotatable bonds is 14. The zero-order valence-corrected chi connectivity index (χ0v) is 17.2. The van der Waals surface area contributed by atoms with E-state index in [-0.39, 0.29) is 11.5 Å². The van der Waals surface area contributed by atoms with Gasteiger partial charge in [0.1, 0.15) is 0 Å². The smallest absolute Gasteiger partial charge is 0.160 e. The van der Waals surface area contributed by atoms with Crippen LogP contribution in [0.4, 0.5) is 0 Å². The van der Waals surface area contributed by atoms with Gasteiger partial charge in [-0.3, -0.25) is 0 Å². The number of hydrogen-bond acceptors (Lipinski definition) is 4. The Balaban J connectivity index is 1.43. The third-order valence-corrected chi connectivity index (χ3v) is 5.17. The van der Waals surface area contributed by atoms with Gasteiger partial charge >= 0.3 is 0 Å². The van der Waals surface area contributed by atoms with Crippen LogP contribution < -0.4 is 10.6 Å². The molecule has 0 fully saturated rings. The summed E-state index contributed by atoms with van der Waals surface area (Å²) in [7, 11) is 0. The van der Waals surface area contributed by atoms with Crippen LogP contribution in [0.5, 0.6) is 11.5 Å². The molecule has 0 aliphatic rings. The van der Waals surface area contributed by atoms with Crippen molar-refractivity contribution in [3.05, 3.63) is 59.2 Å². The second-order valence-electron chi connectivity index (χ2n) is 7.32. The summed E-state index contributed by atoms with van der Waals surface area (Å²) in [6.45, 7) is 6.09. The topological polar surface area (TPSA) is 64.5 Å². The van der Waals surface area contributed by atoms with E-state index in [2.05, 4.69) is 41.0 Å². The predicted molar refractivity (Wildman–Crippen MR) is 117 cm³/mol. The second-order valence-corrected chi connectivity index (χ2v) is 7.32. The first-order chi connectivity index (χ1) is 13.7. The Morgan fingerprint density at radius 1 is 0.714 bits per heavy atom. The van der Waals surface area contributed by atoms with E-state index in [1.807, 2.05) is 13.0 Å². The molecular formula is C24H36N2O2. The van der Waals surface area contributed by atoms with Gasteiger partial charge in [0.15, 0.2) is 11.5 Å². The summed E-state index contributed by atoms with van der Waals surface area (Å²) in [5.74, 6) is 0.0143. The molecule has 0 heterocycles. The molecule has 0 atom stereocenters. The largest absolute Gasteiger partial charge is 0.504 e. The summed E-state index contributed by atoms with van der Waals surface area (Å²) in [6, 6.07) is 14.1. The fourth-order valence-corrected chi connectivity index (χ4v) is 3.50. The molecule has 28 heavy (non-hydrogen) atoms. The Bertz CT molecular complexity index is 674. The Morgan fingerprint density at radius 2 is 1.36 bits per heavy atom. The normalized spacial score (nSPS) is 11.0. The Labute approximate surface area is 170 Å². The van der Waals surface area contributed by atoms with Crippen molar-refractivity contribution < 1.29 is 10.2 Å². The molecule has 0 radical (unpaired) electrons. The lowest BCUT2D eigenvalue weighted by atomic mass is 10.0. The summed E-state index contributed by atoms with van der Waals surface area (Å²) in [5, 5.41) is 26.6. The number of phenols is 2. The highest BCUT2D eigenvalue weighted by atomic mass is 16.3. The van der Waals surface area contributed by atoms with Crippen LogP contribution in [0.3, 0.4) is 0 Å². The van der Waals surface area contributed by atoms with Gasteiger partial charge in [-0.15, -0.1) is 0 Å². The zero-order valence-electron chi connectivity index (χ0n) is 17.2. The lowest BCUT2D eigenvalue weighted by Crippen LogP contribution is -2.19. The molecule has 4 nitrogen and oxygen atoms in total. The minimum atomic E-state index is -0.0249. The van der Waals surface area contributed by atoms with Crippen molar-refractivity contribution in [2.24, 2.45) is 0 Å². The van der Waals surface area contributed by atoms with Gasteiger partial charge in [-0.1, -0.05) is 56.2 Å². The van der Waals surface area contributed by atoms with Crippen molar-refractivity contribution in [1.29, 1.82) is 0 Å². The van der Waals surface area contributed by atoms with Crippen LogP contribution in [0, 0.1) is 0 Å². The quantitative estimate of drug-likeness (QED) is 0.291. The van der Waals surface area contributed by atoms with Crippen molar-refractivity contribution in [3.8, 4) is 11.5 Å². The Kier molecular flexibility index (Phi) is 10.5. The molecule has 0 saturated heterocycles. The van der Waals surface area contributed by atoms with Crippen molar-refractivity contribution >= 4 is 0 Å². The van der Waals surface area contributed by atoms with Crippen LogP contribution in [0.25, 0.3) is 0 Å². The number of unbranched alkanes of at least 4 members (excludes halogenated alkanes) is 3. The van der Waals surface area contributed by atoms with Gasteiger partial charge in [-0.2, -0.15) is 0 Å². The number of hydrogen-bond donors (Lipinski definition) is 4. The van der Waals surface area contributed by atoms with Crippen LogP contribution in [-0.2, 0) is 19.3 Å². The molecule has 0 aliphatic carbocycles. The molecule has 0 aliphatic heterocycles. The van der Waals surface area contributed by atoms with E-state index >= 15 is 0 Å². The molecular weight excluding hydrogens is 348 g/mol. The average molecular weight is 385 g/mol. The third-order valence-electron chi connectivity index (χ3n) is 5.17. The lowest BCUT2D eigenvalue weighted by molar-refractivity contribution is 0.399. The third kappa shape index (κ3) is 7.91. The molecule has 0 saturated carbocycles. The number of benzene rings is 2. The van der Waals surface area contributed by atoms with E-state index in [4.69, 9.17) is 0 Å². The summed E-state index contributed by atoms with van der Waals surface area (Å²) >= 11 is 0. The van der Waals surface area contributed by atoms with Crippen LogP contribution in [-0.4, -0.2) is 36.4 Å². The number of aromatic hydroxyl groups is 2. The van der Waals surface area contributed by atoms with Crippen LogP contribution in [0.2, 0.25) is 0 Å². The van der Waals surface area contributed by atoms with Gasteiger partial charge in [-0.25, -0.2) is 0 Å². The molecule has 0 amide bonds. The minimum Gasteiger partial charge on any atom is -0.504 e. The van der Waals surface area contributed by atoms with Crippen molar-refractivity contribution in [2.45, 2.75) is 51.9 Å². The fraction of sp³-hybridized carbons (Fsp3) is 0.500. The van der Waals surface area contributed by atoms with Gasteiger partial charge in [-0.05, 0) is 75.5 Å². The molecule has 0 aromatic heterocycles. The number of nitrogens with one attached hydrogen (secondary N) is 2. The van der Waals surface area contributed by atoms with E-state index in [0.717, 1.165) is 56.6 Å². The van der Waals surface area contributed by atoms with E-state index in [9.17, 15) is 10.2 Å². The maximum Gasteiger partial charge on any atom is 0.160 e. The Hall–Kier alpha value is -2.04. The van der Waals surface area contributed by atoms with E-state index < -0.39 is 0 Å². The molecule has 4 N–H and O–H groups in total. The average Bonchev–Trinajstić information content (AvgIpc) is 2.72. The molecule has 2 rings (SSSR count). The first kappa shape index (κ1) is 22.3. The highest BCUT2D eigenvalue weighted by Gasteiger charge is 2.09. The highest BCUT2D eigenvalue weighted by Crippen LogP contribution is 2.31. The second kappa shape index (κ2) is 13.2. The zero-order chi connectivity index (χ0) is 20.0. The maximum atomic E-state index is 9.94. The first-order valence-corrected chi connectivity index (χ1v) is 10.7. The highest BCUT2D eigenvalue weighted by molar-refractivity contribution is 5.49. The lowest BCUT2D eigenvalue weighted by Gasteiger charge is -2.12. The minimum absolute atomic E-state index is 0.0249. The SMILES string of the molecule is CCc1c(CCNCCCCCCNCCc2ccccc2)ccc(O)c1O. The predicted octanol–water partition coefficient (Wildman–Crippen LogP) is 4.19. The summed E-state index contributed by atoms with van der Waals surface area (Å²) < 4.78 is 0. The van der Waals surface area contributed by atoms with Gasteiger partial charge < -0.3 is 20.8 Å². The maximum absolute atomic E-state index is 9.94. The van der Waals surface area contributed by atoms with Crippen molar-refractivity contribution in [1.82, 2.24) is 10.6 Å². The molecule has 0 bridgehead atoms. The van der Waals surface area contributed by atoms with E-state index in [1.54, 1.807) is 6.07 Å². The van der Waals surface area contributed by atoms with Gasteiger partial charge in [0.25, 0.3) is 0 Å². The van der Waals surface area contributed by atoms with Crippen LogP contribution >= 0.6 is 0 Å². The van der Waals surface area contributed by atoms with Gasteiger partial charge in [0.05, 0.1) is 0 Å².